The van der Waals surface area contributed by atoms with Crippen LogP contribution in [0.4, 0.5) is 5.69 Å². The Balaban J connectivity index is 0.000000241. The molecular weight excluding hydrogens is 582 g/mol. The normalized spacial score (nSPS) is 19.3. The van der Waals surface area contributed by atoms with Crippen molar-refractivity contribution in [3.8, 4) is 5.75 Å². The van der Waals surface area contributed by atoms with Crippen LogP contribution in [0.2, 0.25) is 0 Å². The summed E-state index contributed by atoms with van der Waals surface area (Å²) in [6.07, 6.45) is 3.33. The molecule has 5 radical (unpaired) electrons. The van der Waals surface area contributed by atoms with Crippen molar-refractivity contribution in [2.75, 3.05) is 7.11 Å². The summed E-state index contributed by atoms with van der Waals surface area (Å²) in [5.41, 5.74) is 4.67. The van der Waals surface area contributed by atoms with Crippen LogP contribution < -0.4 is 4.74 Å². The summed E-state index contributed by atoms with van der Waals surface area (Å²) in [6, 6.07) is 17.4. The molecule has 4 rings (SSSR count). The minimum absolute atomic E-state index is 0.861. The van der Waals surface area contributed by atoms with Gasteiger partial charge < -0.3 is 9.73 Å². The molecule has 0 unspecified atom stereocenters. The van der Waals surface area contributed by atoms with Crippen LogP contribution in [0.3, 0.4) is 0 Å². The number of hydrogen-bond acceptors (Lipinski definition) is 2. The molecule has 0 aliphatic heterocycles. The average Bonchev–Trinajstić information content (AvgIpc) is 2.99. The van der Waals surface area contributed by atoms with Gasteiger partial charge in [-0.25, -0.2) is 0 Å². The van der Waals surface area contributed by atoms with Crippen molar-refractivity contribution in [2.24, 2.45) is 4.99 Å². The van der Waals surface area contributed by atoms with Crippen LogP contribution >= 0.6 is 9.58 Å². The van der Waals surface area contributed by atoms with Gasteiger partial charge in [0.1, 0.15) is 5.75 Å². The van der Waals surface area contributed by atoms with Crippen LogP contribution in [0.15, 0.2) is 47.5 Å². The number of rotatable bonds is 2. The molecule has 4 heteroatoms. The number of benzene rings is 2. The number of fused-ring (bicyclic) bond motifs is 1. The molecule has 0 aromatic heterocycles. The van der Waals surface area contributed by atoms with Gasteiger partial charge in [0.15, 0.2) is 0 Å². The molecule has 2 nitrogen and oxygen atoms in total. The van der Waals surface area contributed by atoms with E-state index in [4.69, 9.17) is 9.73 Å². The number of aliphatic imine (C=N–C) groups is 1. The number of nitrogens with zero attached hydrogens (tertiary/aromatic N) is 1. The van der Waals surface area contributed by atoms with Crippen molar-refractivity contribution in [3.63, 3.8) is 0 Å². The molecule has 2 aliphatic carbocycles. The van der Waals surface area contributed by atoms with Gasteiger partial charge in [-0.15, -0.1) is 35.4 Å². The van der Waals surface area contributed by atoms with E-state index >= 15 is 0 Å². The number of aryl methyl sites for hydroxylation is 1. The van der Waals surface area contributed by atoms with Crippen LogP contribution in [0.1, 0.15) is 58.6 Å². The van der Waals surface area contributed by atoms with Crippen molar-refractivity contribution in [2.45, 2.75) is 53.9 Å². The first kappa shape index (κ1) is 26.1. The third-order valence-corrected chi connectivity index (χ3v) is 6.24. The van der Waals surface area contributed by atoms with E-state index in [1.54, 1.807) is 7.11 Å². The molecule has 2 aromatic rings. The van der Waals surface area contributed by atoms with Gasteiger partial charge in [0.2, 0.25) is 0 Å². The van der Waals surface area contributed by atoms with E-state index in [-0.39, 0.29) is 0 Å². The third-order valence-electron chi connectivity index (χ3n) is 6.24. The Labute approximate surface area is 204 Å². The SMILES string of the molecule is COc1ccc(N=C2CCCc3ccc[c-]c32)cc1.C[C]1[C](C)[C](C)[C](C)[C]1C.[Cl][Ir+2]. The maximum absolute atomic E-state index is 5.16. The topological polar surface area (TPSA) is 21.6 Å². The summed E-state index contributed by atoms with van der Waals surface area (Å²) in [5, 5.41) is 0. The number of methoxy groups -OCH3 is 1. The van der Waals surface area contributed by atoms with Crippen LogP contribution in [-0.2, 0) is 24.3 Å². The van der Waals surface area contributed by atoms with E-state index in [1.807, 2.05) is 30.3 Å². The third kappa shape index (κ3) is 6.67. The van der Waals surface area contributed by atoms with Gasteiger partial charge in [0, 0.05) is 0 Å². The van der Waals surface area contributed by atoms with Gasteiger partial charge in [0.25, 0.3) is 0 Å². The van der Waals surface area contributed by atoms with Crippen molar-refractivity contribution >= 4 is 21.0 Å². The second-order valence-electron chi connectivity index (χ2n) is 7.81. The quantitative estimate of drug-likeness (QED) is 0.320. The molecule has 0 saturated heterocycles. The van der Waals surface area contributed by atoms with E-state index in [9.17, 15) is 0 Å². The van der Waals surface area contributed by atoms with Crippen LogP contribution in [0.25, 0.3) is 0 Å². The molecule has 0 atom stereocenters. The minimum atomic E-state index is 0.861. The molecule has 31 heavy (non-hydrogen) atoms. The fourth-order valence-electron chi connectivity index (χ4n) is 3.85. The van der Waals surface area contributed by atoms with Gasteiger partial charge in [-0.1, -0.05) is 47.5 Å². The molecular formula is C27H31ClIrNO+. The molecule has 165 valence electrons. The van der Waals surface area contributed by atoms with Gasteiger partial charge in [-0.3, -0.25) is 0 Å². The molecule has 0 bridgehead atoms. The van der Waals surface area contributed by atoms with E-state index in [2.05, 4.69) is 62.4 Å². The summed E-state index contributed by atoms with van der Waals surface area (Å²) >= 11 is 1.47. The van der Waals surface area contributed by atoms with E-state index in [0.29, 0.717) is 0 Å². The van der Waals surface area contributed by atoms with Crippen molar-refractivity contribution in [1.82, 2.24) is 0 Å². The van der Waals surface area contributed by atoms with Crippen molar-refractivity contribution in [1.29, 1.82) is 0 Å². The summed E-state index contributed by atoms with van der Waals surface area (Å²) in [5.74, 6) is 8.20. The summed E-state index contributed by atoms with van der Waals surface area (Å²) in [6.45, 7) is 11.0. The number of halogens is 1. The second-order valence-corrected chi connectivity index (χ2v) is 7.81. The van der Waals surface area contributed by atoms with Crippen LogP contribution in [0.5, 0.6) is 5.75 Å². The Morgan fingerprint density at radius 2 is 1.39 bits per heavy atom. The first-order chi connectivity index (χ1) is 14.9. The fourth-order valence-corrected chi connectivity index (χ4v) is 3.85. The predicted octanol–water partition coefficient (Wildman–Crippen LogP) is 7.61. The van der Waals surface area contributed by atoms with Gasteiger partial charge in [-0.2, -0.15) is 0 Å². The molecule has 1 saturated carbocycles. The second kappa shape index (κ2) is 12.8. The number of ether oxygens (including phenoxy) is 1. The summed E-state index contributed by atoms with van der Waals surface area (Å²) in [4.78, 5) is 4.76. The molecule has 1 fully saturated rings. The predicted molar refractivity (Wildman–Crippen MR) is 128 cm³/mol. The summed E-state index contributed by atoms with van der Waals surface area (Å²) < 4.78 is 5.16. The zero-order chi connectivity index (χ0) is 23.0. The maximum atomic E-state index is 5.16. The zero-order valence-corrected chi connectivity index (χ0v) is 22.4. The Kier molecular flexibility index (Phi) is 10.8. The van der Waals surface area contributed by atoms with Crippen molar-refractivity contribution < 1.29 is 22.6 Å². The van der Waals surface area contributed by atoms with Crippen molar-refractivity contribution in [3.05, 3.63) is 89.2 Å². The van der Waals surface area contributed by atoms with Crippen LogP contribution in [-0.4, -0.2) is 12.8 Å². The van der Waals surface area contributed by atoms with Gasteiger partial charge >= 0.3 is 27.5 Å². The van der Waals surface area contributed by atoms with E-state index < -0.39 is 0 Å². The molecule has 0 heterocycles. The zero-order valence-electron chi connectivity index (χ0n) is 19.2. The summed E-state index contributed by atoms with van der Waals surface area (Å²) in [7, 11) is 6.31. The molecule has 0 spiro atoms. The van der Waals surface area contributed by atoms with Gasteiger partial charge in [-0.05, 0) is 66.0 Å². The van der Waals surface area contributed by atoms with Gasteiger partial charge in [0.05, 0.1) is 12.8 Å². The fraction of sp³-hybridized carbons (Fsp3) is 0.333. The van der Waals surface area contributed by atoms with E-state index in [1.165, 1.54) is 65.0 Å². The Hall–Kier alpha value is -1.15. The standard InChI is InChI=1S/C17H16NO.C10H15.ClH.Ir/c1-19-15-11-9-14(10-12-15)18-17-8-4-6-13-5-2-3-7-16(13)17;1-6-7(2)9(4)10(5)8(6)3;;/h2-3,5,9-12H,4,6,8H2,1H3;1-5H3;1H;/q-1;;;+3/p-1. The van der Waals surface area contributed by atoms with E-state index in [0.717, 1.165) is 30.0 Å². The Morgan fingerprint density at radius 1 is 0.839 bits per heavy atom. The molecule has 0 amide bonds. The Bertz CT molecular complexity index is 791. The first-order valence-electron chi connectivity index (χ1n) is 10.5. The molecule has 2 aromatic carbocycles. The monoisotopic (exact) mass is 613 g/mol. The van der Waals surface area contributed by atoms with Crippen LogP contribution in [0, 0.1) is 35.7 Å². The number of hydrogen-bond donors (Lipinski definition) is 0. The molecule has 2 aliphatic rings. The first-order valence-corrected chi connectivity index (χ1v) is 13.4. The Morgan fingerprint density at radius 3 is 1.90 bits per heavy atom. The average molecular weight is 613 g/mol. The molecule has 0 N–H and O–H groups in total.